The van der Waals surface area contributed by atoms with E-state index in [9.17, 15) is 13.2 Å². The number of hydrogen-bond donors (Lipinski definition) is 1. The van der Waals surface area contributed by atoms with Crippen molar-refractivity contribution in [2.45, 2.75) is 67.2 Å². The summed E-state index contributed by atoms with van der Waals surface area (Å²) < 4.78 is 28.3. The van der Waals surface area contributed by atoms with Gasteiger partial charge in [-0.2, -0.15) is 0 Å². The van der Waals surface area contributed by atoms with Crippen LogP contribution in [0.2, 0.25) is 0 Å². The van der Waals surface area contributed by atoms with Crippen LogP contribution in [0, 0.1) is 0 Å². The lowest BCUT2D eigenvalue weighted by Crippen LogP contribution is -2.34. The van der Waals surface area contributed by atoms with E-state index in [1.807, 2.05) is 11.2 Å². The Balaban J connectivity index is 1.86. The Labute approximate surface area is 161 Å². The third-order valence-electron chi connectivity index (χ3n) is 5.28. The first-order valence-electron chi connectivity index (χ1n) is 9.51. The second-order valence-electron chi connectivity index (χ2n) is 7.17. The van der Waals surface area contributed by atoms with Crippen LogP contribution in [-0.4, -0.2) is 44.6 Å². The van der Waals surface area contributed by atoms with Gasteiger partial charge in [0.2, 0.25) is 10.0 Å². The molecular formula is C19H28N2O3S2. The fourth-order valence-corrected chi connectivity index (χ4v) is 5.70. The molecule has 1 heterocycles. The quantitative estimate of drug-likeness (QED) is 0.772. The van der Waals surface area contributed by atoms with Gasteiger partial charge in [0.1, 0.15) is 0 Å². The molecular weight excluding hydrogens is 368 g/mol. The minimum absolute atomic E-state index is 0.0185. The van der Waals surface area contributed by atoms with Gasteiger partial charge in [0.15, 0.2) is 0 Å². The molecule has 2 aliphatic rings. The summed E-state index contributed by atoms with van der Waals surface area (Å²) in [6.45, 7) is 1.51. The molecule has 0 unspecified atom stereocenters. The van der Waals surface area contributed by atoms with Crippen molar-refractivity contribution in [1.29, 1.82) is 0 Å². The predicted octanol–water partition coefficient (Wildman–Crippen LogP) is 3.65. The number of likely N-dealkylation sites (tertiary alicyclic amines) is 1. The average molecular weight is 397 g/mol. The molecule has 0 atom stereocenters. The molecule has 1 amide bonds. The van der Waals surface area contributed by atoms with Crippen molar-refractivity contribution in [2.75, 3.05) is 19.3 Å². The molecule has 1 saturated heterocycles. The van der Waals surface area contributed by atoms with Gasteiger partial charge in [-0.25, -0.2) is 13.1 Å². The number of rotatable bonds is 5. The molecule has 1 N–H and O–H groups in total. The molecule has 0 radical (unpaired) electrons. The number of benzene rings is 1. The average Bonchev–Trinajstić information content (AvgIpc) is 2.98. The molecule has 0 bridgehead atoms. The highest BCUT2D eigenvalue weighted by Gasteiger charge is 2.26. The maximum atomic E-state index is 13.1. The van der Waals surface area contributed by atoms with Crippen LogP contribution in [0.3, 0.4) is 0 Å². The van der Waals surface area contributed by atoms with E-state index < -0.39 is 10.0 Å². The number of carbonyl (C=O) groups is 1. The van der Waals surface area contributed by atoms with Crippen molar-refractivity contribution in [1.82, 2.24) is 9.62 Å². The van der Waals surface area contributed by atoms with Gasteiger partial charge in [-0.15, -0.1) is 11.8 Å². The Hall–Kier alpha value is -1.05. The maximum absolute atomic E-state index is 13.1. The van der Waals surface area contributed by atoms with Crippen molar-refractivity contribution in [3.63, 3.8) is 0 Å². The van der Waals surface area contributed by atoms with Gasteiger partial charge >= 0.3 is 0 Å². The third-order valence-corrected chi connectivity index (χ3v) is 7.60. The van der Waals surface area contributed by atoms with Crippen LogP contribution in [0.25, 0.3) is 0 Å². The minimum atomic E-state index is -3.59. The molecule has 144 valence electrons. The van der Waals surface area contributed by atoms with Crippen molar-refractivity contribution in [3.05, 3.63) is 23.8 Å². The lowest BCUT2D eigenvalue weighted by atomic mass is 10.2. The Morgan fingerprint density at radius 1 is 1.08 bits per heavy atom. The summed E-state index contributed by atoms with van der Waals surface area (Å²) in [7, 11) is -3.59. The summed E-state index contributed by atoms with van der Waals surface area (Å²) >= 11 is 1.48. The van der Waals surface area contributed by atoms with Crippen LogP contribution in [0.4, 0.5) is 0 Å². The fraction of sp³-hybridized carbons (Fsp3) is 0.632. The third kappa shape index (κ3) is 4.61. The maximum Gasteiger partial charge on any atom is 0.255 e. The monoisotopic (exact) mass is 396 g/mol. The largest absolute Gasteiger partial charge is 0.339 e. The first-order valence-corrected chi connectivity index (χ1v) is 12.2. The zero-order chi connectivity index (χ0) is 18.6. The number of carbonyl (C=O) groups excluding carboxylic acids is 1. The molecule has 1 aliphatic carbocycles. The summed E-state index contributed by atoms with van der Waals surface area (Å²) in [5.41, 5.74) is 0.508. The van der Waals surface area contributed by atoms with Crippen molar-refractivity contribution >= 4 is 27.7 Å². The summed E-state index contributed by atoms with van der Waals surface area (Å²) in [5, 5.41) is 0. The normalized spacial score (nSPS) is 19.5. The summed E-state index contributed by atoms with van der Waals surface area (Å²) in [4.78, 5) is 16.0. The molecule has 7 heteroatoms. The second-order valence-corrected chi connectivity index (χ2v) is 9.73. The van der Waals surface area contributed by atoms with Crippen molar-refractivity contribution in [2.24, 2.45) is 0 Å². The first-order chi connectivity index (χ1) is 12.5. The van der Waals surface area contributed by atoms with E-state index >= 15 is 0 Å². The van der Waals surface area contributed by atoms with Crippen molar-refractivity contribution < 1.29 is 13.2 Å². The first kappa shape index (κ1) is 19.7. The van der Waals surface area contributed by atoms with Gasteiger partial charge in [-0.05, 0) is 50.1 Å². The van der Waals surface area contributed by atoms with Gasteiger partial charge in [0, 0.05) is 24.0 Å². The van der Waals surface area contributed by atoms with Gasteiger partial charge in [0.25, 0.3) is 5.91 Å². The van der Waals surface area contributed by atoms with Crippen LogP contribution in [0.5, 0.6) is 0 Å². The van der Waals surface area contributed by atoms with Gasteiger partial charge < -0.3 is 4.90 Å². The Morgan fingerprint density at radius 2 is 1.73 bits per heavy atom. The lowest BCUT2D eigenvalue weighted by Gasteiger charge is -2.22. The highest BCUT2D eigenvalue weighted by Crippen LogP contribution is 2.27. The molecule has 26 heavy (non-hydrogen) atoms. The topological polar surface area (TPSA) is 66.5 Å². The molecule has 0 aromatic heterocycles. The number of thioether (sulfide) groups is 1. The van der Waals surface area contributed by atoms with Gasteiger partial charge in [-0.1, -0.05) is 25.7 Å². The number of nitrogens with zero attached hydrogens (tertiary/aromatic N) is 1. The van der Waals surface area contributed by atoms with Crippen molar-refractivity contribution in [3.8, 4) is 0 Å². The van der Waals surface area contributed by atoms with E-state index in [-0.39, 0.29) is 16.8 Å². The van der Waals surface area contributed by atoms with E-state index in [0.29, 0.717) is 5.56 Å². The van der Waals surface area contributed by atoms with Crippen LogP contribution >= 0.6 is 11.8 Å². The summed E-state index contributed by atoms with van der Waals surface area (Å²) in [6, 6.07) is 4.96. The standard InChI is InChI=1S/C19H28N2O3S2/c1-25-18-11-10-16(26(23,24)20-15-8-4-5-9-15)14-17(18)19(22)21-12-6-2-3-7-13-21/h10-11,14-15,20H,2-9,12-13H2,1H3. The molecule has 1 aromatic carbocycles. The number of amides is 1. The highest BCUT2D eigenvalue weighted by atomic mass is 32.2. The molecule has 5 nitrogen and oxygen atoms in total. The van der Waals surface area contributed by atoms with E-state index in [2.05, 4.69) is 4.72 Å². The summed E-state index contributed by atoms with van der Waals surface area (Å²) in [6.07, 6.45) is 10.2. The predicted molar refractivity (Wildman–Crippen MR) is 105 cm³/mol. The SMILES string of the molecule is CSc1ccc(S(=O)(=O)NC2CCCC2)cc1C(=O)N1CCCCCC1. The number of hydrogen-bond acceptors (Lipinski definition) is 4. The zero-order valence-corrected chi connectivity index (χ0v) is 17.0. The fourth-order valence-electron chi connectivity index (χ4n) is 3.80. The van der Waals surface area contributed by atoms with Gasteiger partial charge in [0.05, 0.1) is 10.5 Å². The van der Waals surface area contributed by atoms with Gasteiger partial charge in [-0.3, -0.25) is 4.79 Å². The lowest BCUT2D eigenvalue weighted by molar-refractivity contribution is 0.0758. The molecule has 1 saturated carbocycles. The van der Waals surface area contributed by atoms with Crippen LogP contribution in [0.15, 0.2) is 28.0 Å². The van der Waals surface area contributed by atoms with E-state index in [1.165, 1.54) is 11.8 Å². The number of nitrogens with one attached hydrogen (secondary N) is 1. The van der Waals surface area contributed by atoms with E-state index in [0.717, 1.165) is 69.4 Å². The molecule has 0 spiro atoms. The number of sulfonamides is 1. The highest BCUT2D eigenvalue weighted by molar-refractivity contribution is 7.98. The molecule has 1 aliphatic heterocycles. The second kappa shape index (κ2) is 8.76. The zero-order valence-electron chi connectivity index (χ0n) is 15.4. The van der Waals surface area contributed by atoms with Crippen LogP contribution in [-0.2, 0) is 10.0 Å². The molecule has 2 fully saturated rings. The smallest absolute Gasteiger partial charge is 0.255 e. The Morgan fingerprint density at radius 3 is 2.35 bits per heavy atom. The van der Waals surface area contributed by atoms with E-state index in [1.54, 1.807) is 18.2 Å². The van der Waals surface area contributed by atoms with E-state index in [4.69, 9.17) is 0 Å². The molecule has 1 aromatic rings. The van der Waals surface area contributed by atoms with Crippen LogP contribution < -0.4 is 4.72 Å². The Kier molecular flexibility index (Phi) is 6.64. The molecule has 3 rings (SSSR count). The Bertz CT molecular complexity index is 735. The van der Waals surface area contributed by atoms with Crippen LogP contribution in [0.1, 0.15) is 61.7 Å². The summed E-state index contributed by atoms with van der Waals surface area (Å²) in [5.74, 6) is -0.0471. The minimum Gasteiger partial charge on any atom is -0.339 e.